The van der Waals surface area contributed by atoms with Crippen LogP contribution in [-0.4, -0.2) is 16.6 Å². The summed E-state index contributed by atoms with van der Waals surface area (Å²) in [6, 6.07) is 9.26. The predicted molar refractivity (Wildman–Crippen MR) is 82.7 cm³/mol. The minimum Gasteiger partial charge on any atom is -0.325 e. The summed E-state index contributed by atoms with van der Waals surface area (Å²) in [5.41, 5.74) is -0.162. The highest BCUT2D eigenvalue weighted by Crippen LogP contribution is 2.29. The fourth-order valence-corrected chi connectivity index (χ4v) is 2.41. The molecule has 0 radical (unpaired) electrons. The fourth-order valence-electron chi connectivity index (χ4n) is 1.50. The molecule has 1 aromatic heterocycles. The van der Waals surface area contributed by atoms with Crippen molar-refractivity contribution in [2.75, 3.05) is 11.1 Å². The summed E-state index contributed by atoms with van der Waals surface area (Å²) in [6.07, 6.45) is -3.65. The number of benzene rings is 1. The smallest absolute Gasteiger partial charge is 0.325 e. The van der Waals surface area contributed by atoms with E-state index in [1.165, 1.54) is 6.07 Å². The van der Waals surface area contributed by atoms with Gasteiger partial charge in [0.05, 0.1) is 16.3 Å². The Morgan fingerprint density at radius 2 is 1.86 bits per heavy atom. The molecule has 8 heteroatoms. The number of halogens is 4. The number of thioether (sulfide) groups is 1. The van der Waals surface area contributed by atoms with Crippen molar-refractivity contribution in [3.63, 3.8) is 0 Å². The van der Waals surface area contributed by atoms with Crippen molar-refractivity contribution in [3.05, 3.63) is 52.6 Å². The highest BCUT2D eigenvalue weighted by Gasteiger charge is 2.30. The van der Waals surface area contributed by atoms with Crippen molar-refractivity contribution in [3.8, 4) is 0 Å². The SMILES string of the molecule is O=C(CSc1ccc(C(F)(F)F)cn1)Nc1ccc(Br)cc1. The third-order valence-corrected chi connectivity index (χ3v) is 4.02. The first-order valence-corrected chi connectivity index (χ1v) is 7.84. The maximum Gasteiger partial charge on any atom is 0.417 e. The van der Waals surface area contributed by atoms with E-state index in [2.05, 4.69) is 26.2 Å². The number of nitrogens with one attached hydrogen (secondary N) is 1. The zero-order valence-corrected chi connectivity index (χ0v) is 13.4. The molecular formula is C14H10BrF3N2OS. The summed E-state index contributed by atoms with van der Waals surface area (Å²) in [5, 5.41) is 3.05. The molecule has 1 amide bonds. The second-order valence-electron chi connectivity index (χ2n) is 4.23. The lowest BCUT2D eigenvalue weighted by molar-refractivity contribution is -0.137. The number of amides is 1. The Kier molecular flexibility index (Phi) is 5.47. The number of hydrogen-bond donors (Lipinski definition) is 1. The van der Waals surface area contributed by atoms with Gasteiger partial charge in [0, 0.05) is 16.4 Å². The average Bonchev–Trinajstić information content (AvgIpc) is 2.47. The van der Waals surface area contributed by atoms with E-state index in [-0.39, 0.29) is 11.7 Å². The lowest BCUT2D eigenvalue weighted by atomic mass is 10.3. The summed E-state index contributed by atoms with van der Waals surface area (Å²) in [6.45, 7) is 0. The number of pyridine rings is 1. The second-order valence-corrected chi connectivity index (χ2v) is 6.14. The molecule has 1 heterocycles. The van der Waals surface area contributed by atoms with Gasteiger partial charge in [-0.1, -0.05) is 27.7 Å². The molecule has 0 bridgehead atoms. The van der Waals surface area contributed by atoms with Crippen LogP contribution in [0.5, 0.6) is 0 Å². The van der Waals surface area contributed by atoms with Crippen molar-refractivity contribution in [2.45, 2.75) is 11.2 Å². The van der Waals surface area contributed by atoms with Crippen LogP contribution >= 0.6 is 27.7 Å². The van der Waals surface area contributed by atoms with Crippen molar-refractivity contribution < 1.29 is 18.0 Å². The van der Waals surface area contributed by atoms with Gasteiger partial charge in [0.2, 0.25) is 5.91 Å². The standard InChI is InChI=1S/C14H10BrF3N2OS/c15-10-2-4-11(5-3-10)20-12(21)8-22-13-6-1-9(7-19-13)14(16,17)18/h1-7H,8H2,(H,20,21). The maximum atomic E-state index is 12.4. The van der Waals surface area contributed by atoms with Crippen LogP contribution in [0.2, 0.25) is 0 Å². The first kappa shape index (κ1) is 16.8. The summed E-state index contributed by atoms with van der Waals surface area (Å²) in [5.74, 6) is -0.192. The molecule has 3 nitrogen and oxygen atoms in total. The van der Waals surface area contributed by atoms with E-state index in [0.717, 1.165) is 28.5 Å². The Labute approximate surface area is 137 Å². The summed E-state index contributed by atoms with van der Waals surface area (Å²) in [7, 11) is 0. The van der Waals surface area contributed by atoms with E-state index >= 15 is 0 Å². The number of rotatable bonds is 4. The van der Waals surface area contributed by atoms with Crippen LogP contribution in [-0.2, 0) is 11.0 Å². The van der Waals surface area contributed by atoms with E-state index in [1.807, 2.05) is 0 Å². The van der Waals surface area contributed by atoms with Gasteiger partial charge in [0.25, 0.3) is 0 Å². The Bertz CT molecular complexity index is 645. The molecular weight excluding hydrogens is 381 g/mol. The second kappa shape index (κ2) is 7.15. The molecule has 0 aliphatic rings. The van der Waals surface area contributed by atoms with Gasteiger partial charge >= 0.3 is 6.18 Å². The molecule has 1 aromatic carbocycles. The zero-order chi connectivity index (χ0) is 16.2. The molecule has 0 fully saturated rings. The third kappa shape index (κ3) is 5.03. The molecule has 2 rings (SSSR count). The van der Waals surface area contributed by atoms with Gasteiger partial charge in [-0.25, -0.2) is 4.98 Å². The van der Waals surface area contributed by atoms with Gasteiger partial charge < -0.3 is 5.32 Å². The molecule has 1 N–H and O–H groups in total. The molecule has 0 aliphatic carbocycles. The van der Waals surface area contributed by atoms with Crippen LogP contribution in [0, 0.1) is 0 Å². The topological polar surface area (TPSA) is 42.0 Å². The monoisotopic (exact) mass is 390 g/mol. The van der Waals surface area contributed by atoms with E-state index in [1.54, 1.807) is 24.3 Å². The zero-order valence-electron chi connectivity index (χ0n) is 11.0. The highest BCUT2D eigenvalue weighted by molar-refractivity contribution is 9.10. The first-order valence-electron chi connectivity index (χ1n) is 6.06. The van der Waals surface area contributed by atoms with Crippen LogP contribution in [0.25, 0.3) is 0 Å². The molecule has 22 heavy (non-hydrogen) atoms. The molecule has 0 atom stereocenters. The lowest BCUT2D eigenvalue weighted by Crippen LogP contribution is -2.14. The Balaban J connectivity index is 1.87. The van der Waals surface area contributed by atoms with Gasteiger partial charge in [0.15, 0.2) is 0 Å². The van der Waals surface area contributed by atoms with E-state index in [9.17, 15) is 18.0 Å². The molecule has 0 unspecified atom stereocenters. The number of alkyl halides is 3. The van der Waals surface area contributed by atoms with Crippen molar-refractivity contribution in [1.82, 2.24) is 4.98 Å². The normalized spacial score (nSPS) is 11.3. The summed E-state index contributed by atoms with van der Waals surface area (Å²) >= 11 is 4.36. The summed E-state index contributed by atoms with van der Waals surface area (Å²) < 4.78 is 38.1. The minimum absolute atomic E-state index is 0.0639. The average molecular weight is 391 g/mol. The quantitative estimate of drug-likeness (QED) is 0.776. The molecule has 0 aliphatic heterocycles. The molecule has 0 spiro atoms. The van der Waals surface area contributed by atoms with Gasteiger partial charge in [-0.15, -0.1) is 0 Å². The molecule has 2 aromatic rings. The largest absolute Gasteiger partial charge is 0.417 e. The number of nitrogens with zero attached hydrogens (tertiary/aromatic N) is 1. The number of hydrogen-bond acceptors (Lipinski definition) is 3. The molecule has 116 valence electrons. The van der Waals surface area contributed by atoms with Crippen LogP contribution < -0.4 is 5.32 Å². The molecule has 0 saturated carbocycles. The summed E-state index contributed by atoms with van der Waals surface area (Å²) in [4.78, 5) is 15.4. The predicted octanol–water partition coefficient (Wildman–Crippen LogP) is 4.59. The van der Waals surface area contributed by atoms with E-state index in [0.29, 0.717) is 10.7 Å². The Hall–Kier alpha value is -1.54. The van der Waals surface area contributed by atoms with E-state index in [4.69, 9.17) is 0 Å². The van der Waals surface area contributed by atoms with Crippen molar-refractivity contribution in [1.29, 1.82) is 0 Å². The van der Waals surface area contributed by atoms with Gasteiger partial charge in [-0.05, 0) is 36.4 Å². The van der Waals surface area contributed by atoms with Gasteiger partial charge in [0.1, 0.15) is 0 Å². The Morgan fingerprint density at radius 3 is 2.41 bits per heavy atom. The first-order chi connectivity index (χ1) is 10.3. The molecule has 0 saturated heterocycles. The number of carbonyl (C=O) groups excluding carboxylic acids is 1. The van der Waals surface area contributed by atoms with Crippen LogP contribution in [0.15, 0.2) is 52.1 Å². The highest BCUT2D eigenvalue weighted by atomic mass is 79.9. The minimum atomic E-state index is -4.41. The van der Waals surface area contributed by atoms with Gasteiger partial charge in [-0.3, -0.25) is 4.79 Å². The van der Waals surface area contributed by atoms with Crippen molar-refractivity contribution in [2.24, 2.45) is 0 Å². The van der Waals surface area contributed by atoms with Crippen molar-refractivity contribution >= 4 is 39.3 Å². The van der Waals surface area contributed by atoms with Crippen LogP contribution in [0.4, 0.5) is 18.9 Å². The van der Waals surface area contributed by atoms with Crippen LogP contribution in [0.3, 0.4) is 0 Å². The lowest BCUT2D eigenvalue weighted by Gasteiger charge is -2.07. The maximum absolute atomic E-state index is 12.4. The van der Waals surface area contributed by atoms with Crippen LogP contribution in [0.1, 0.15) is 5.56 Å². The van der Waals surface area contributed by atoms with Gasteiger partial charge in [-0.2, -0.15) is 13.2 Å². The Morgan fingerprint density at radius 1 is 1.18 bits per heavy atom. The fraction of sp³-hybridized carbons (Fsp3) is 0.143. The third-order valence-electron chi connectivity index (χ3n) is 2.54. The number of anilines is 1. The number of carbonyl (C=O) groups is 1. The number of aromatic nitrogens is 1. The van der Waals surface area contributed by atoms with E-state index < -0.39 is 11.7 Å².